The Morgan fingerprint density at radius 1 is 1.10 bits per heavy atom. The number of halogens is 2. The van der Waals surface area contributed by atoms with E-state index in [1.165, 1.54) is 12.1 Å². The van der Waals surface area contributed by atoms with Gasteiger partial charge in [-0.25, -0.2) is 8.78 Å². The fourth-order valence-corrected chi connectivity index (χ4v) is 1.72. The minimum atomic E-state index is -0.582. The maximum Gasteiger partial charge on any atom is 0.168 e. The van der Waals surface area contributed by atoms with Gasteiger partial charge in [0.25, 0.3) is 0 Å². The zero-order valence-electron chi connectivity index (χ0n) is 11.2. The molecule has 0 saturated carbocycles. The quantitative estimate of drug-likeness (QED) is 0.859. The maximum atomic E-state index is 13.9. The van der Waals surface area contributed by atoms with Gasteiger partial charge in [-0.1, -0.05) is 12.1 Å². The number of hydrogen-bond acceptors (Lipinski definition) is 3. The average molecular weight is 279 g/mol. The van der Waals surface area contributed by atoms with E-state index in [0.717, 1.165) is 6.07 Å². The molecule has 3 nitrogen and oxygen atoms in total. The number of nitrogens with two attached hydrogens (primary N) is 1. The third-order valence-electron chi connectivity index (χ3n) is 2.74. The largest absolute Gasteiger partial charge is 0.491 e. The van der Waals surface area contributed by atoms with Crippen molar-refractivity contribution in [2.75, 3.05) is 12.3 Å². The van der Waals surface area contributed by atoms with E-state index < -0.39 is 11.6 Å². The minimum Gasteiger partial charge on any atom is -0.491 e. The normalized spacial score (nSPS) is 10.4. The van der Waals surface area contributed by atoms with Crippen LogP contribution in [0.15, 0.2) is 30.3 Å². The molecule has 0 atom stereocenters. The van der Waals surface area contributed by atoms with E-state index in [9.17, 15) is 8.78 Å². The molecule has 2 rings (SSSR count). The van der Waals surface area contributed by atoms with Crippen LogP contribution < -0.4 is 15.2 Å². The van der Waals surface area contributed by atoms with Crippen molar-refractivity contribution >= 4 is 5.69 Å². The van der Waals surface area contributed by atoms with E-state index >= 15 is 0 Å². The molecular formula is C15H15F2NO2. The summed E-state index contributed by atoms with van der Waals surface area (Å²) in [6, 6.07) is 7.17. The summed E-state index contributed by atoms with van der Waals surface area (Å²) in [5.41, 5.74) is 6.21. The lowest BCUT2D eigenvalue weighted by Gasteiger charge is -2.12. The topological polar surface area (TPSA) is 44.5 Å². The second kappa shape index (κ2) is 5.77. The van der Waals surface area contributed by atoms with E-state index in [-0.39, 0.29) is 22.9 Å². The van der Waals surface area contributed by atoms with Crippen LogP contribution in [-0.4, -0.2) is 6.61 Å². The van der Waals surface area contributed by atoms with Crippen LogP contribution >= 0.6 is 0 Å². The fourth-order valence-electron chi connectivity index (χ4n) is 1.72. The van der Waals surface area contributed by atoms with Crippen molar-refractivity contribution in [2.45, 2.75) is 13.8 Å². The Morgan fingerprint density at radius 2 is 1.85 bits per heavy atom. The zero-order valence-corrected chi connectivity index (χ0v) is 11.2. The molecule has 0 unspecified atom stereocenters. The fraction of sp³-hybridized carbons (Fsp3) is 0.200. The first-order valence-electron chi connectivity index (χ1n) is 6.17. The van der Waals surface area contributed by atoms with Crippen LogP contribution in [0.25, 0.3) is 0 Å². The highest BCUT2D eigenvalue weighted by Gasteiger charge is 2.13. The van der Waals surface area contributed by atoms with Crippen molar-refractivity contribution in [1.29, 1.82) is 0 Å². The molecule has 0 fully saturated rings. The first-order chi connectivity index (χ1) is 9.52. The summed E-state index contributed by atoms with van der Waals surface area (Å²) in [6.07, 6.45) is 0. The predicted molar refractivity (Wildman–Crippen MR) is 73.2 cm³/mol. The Bertz CT molecular complexity index is 630. The average Bonchev–Trinajstić information content (AvgIpc) is 2.40. The number of aryl methyl sites for hydroxylation is 1. The Morgan fingerprint density at radius 3 is 2.55 bits per heavy atom. The summed E-state index contributed by atoms with van der Waals surface area (Å²) in [7, 11) is 0. The Hall–Kier alpha value is -2.30. The van der Waals surface area contributed by atoms with E-state index in [1.54, 1.807) is 26.0 Å². The molecule has 0 saturated heterocycles. The highest BCUT2D eigenvalue weighted by Crippen LogP contribution is 2.34. The molecule has 106 valence electrons. The second-order valence-electron chi connectivity index (χ2n) is 4.24. The third-order valence-corrected chi connectivity index (χ3v) is 2.74. The summed E-state index contributed by atoms with van der Waals surface area (Å²) in [5.74, 6) is -0.856. The van der Waals surface area contributed by atoms with Crippen LogP contribution in [0.1, 0.15) is 12.5 Å². The number of anilines is 1. The van der Waals surface area contributed by atoms with Gasteiger partial charge in [0.1, 0.15) is 0 Å². The Kier molecular flexibility index (Phi) is 4.08. The molecule has 0 aromatic heterocycles. The summed E-state index contributed by atoms with van der Waals surface area (Å²) in [5, 5.41) is 0. The lowest BCUT2D eigenvalue weighted by molar-refractivity contribution is 0.319. The SMILES string of the molecule is CCOc1cc(Oc2cccc(C)c2F)c(N)cc1F. The van der Waals surface area contributed by atoms with Crippen LogP contribution in [0.4, 0.5) is 14.5 Å². The maximum absolute atomic E-state index is 13.9. The molecule has 0 amide bonds. The lowest BCUT2D eigenvalue weighted by Crippen LogP contribution is -2.00. The standard InChI is InChI=1S/C15H15F2NO2/c1-3-19-13-8-14(11(18)7-10(13)16)20-12-6-4-5-9(2)15(12)17/h4-8H,3,18H2,1-2H3. The van der Waals surface area contributed by atoms with Crippen LogP contribution in [-0.2, 0) is 0 Å². The van der Waals surface area contributed by atoms with Gasteiger partial charge in [-0.2, -0.15) is 0 Å². The van der Waals surface area contributed by atoms with Gasteiger partial charge >= 0.3 is 0 Å². The van der Waals surface area contributed by atoms with E-state index in [4.69, 9.17) is 15.2 Å². The first-order valence-corrected chi connectivity index (χ1v) is 6.17. The first kappa shape index (κ1) is 14.1. The molecule has 0 spiro atoms. The van der Waals surface area contributed by atoms with Crippen LogP contribution in [0.3, 0.4) is 0 Å². The van der Waals surface area contributed by atoms with Gasteiger partial charge in [0, 0.05) is 12.1 Å². The monoisotopic (exact) mass is 279 g/mol. The van der Waals surface area contributed by atoms with Crippen LogP contribution in [0.2, 0.25) is 0 Å². The number of rotatable bonds is 4. The highest BCUT2D eigenvalue weighted by molar-refractivity contribution is 5.57. The lowest BCUT2D eigenvalue weighted by atomic mass is 10.2. The Labute approximate surface area is 115 Å². The van der Waals surface area contributed by atoms with Crippen molar-refractivity contribution < 1.29 is 18.3 Å². The number of hydrogen-bond donors (Lipinski definition) is 1. The van der Waals surface area contributed by atoms with E-state index in [1.807, 2.05) is 0 Å². The van der Waals surface area contributed by atoms with Gasteiger partial charge < -0.3 is 15.2 Å². The molecule has 0 aliphatic heterocycles. The molecule has 2 aromatic carbocycles. The molecule has 2 N–H and O–H groups in total. The molecule has 2 aromatic rings. The van der Waals surface area contributed by atoms with Gasteiger partial charge in [0.15, 0.2) is 28.9 Å². The molecule has 0 aliphatic rings. The third kappa shape index (κ3) is 2.82. The van der Waals surface area contributed by atoms with Crippen molar-refractivity contribution in [1.82, 2.24) is 0 Å². The summed E-state index contributed by atoms with van der Waals surface area (Å²) in [4.78, 5) is 0. The number of ether oxygens (including phenoxy) is 2. The van der Waals surface area contributed by atoms with Crippen LogP contribution in [0.5, 0.6) is 17.2 Å². The Balaban J connectivity index is 2.38. The van der Waals surface area contributed by atoms with Gasteiger partial charge in [-0.3, -0.25) is 0 Å². The van der Waals surface area contributed by atoms with Gasteiger partial charge in [0.05, 0.1) is 12.3 Å². The van der Waals surface area contributed by atoms with E-state index in [0.29, 0.717) is 12.2 Å². The molecule has 0 radical (unpaired) electrons. The molecule has 5 heteroatoms. The second-order valence-corrected chi connectivity index (χ2v) is 4.24. The molecular weight excluding hydrogens is 264 g/mol. The summed E-state index contributed by atoms with van der Waals surface area (Å²) < 4.78 is 38.0. The highest BCUT2D eigenvalue weighted by atomic mass is 19.1. The zero-order chi connectivity index (χ0) is 14.7. The van der Waals surface area contributed by atoms with Crippen LogP contribution in [0, 0.1) is 18.6 Å². The summed E-state index contributed by atoms with van der Waals surface area (Å²) in [6.45, 7) is 3.66. The van der Waals surface area contributed by atoms with Crippen molar-refractivity contribution in [2.24, 2.45) is 0 Å². The van der Waals surface area contributed by atoms with Crippen molar-refractivity contribution in [3.63, 3.8) is 0 Å². The summed E-state index contributed by atoms with van der Waals surface area (Å²) >= 11 is 0. The molecule has 0 bridgehead atoms. The van der Waals surface area contributed by atoms with E-state index in [2.05, 4.69) is 0 Å². The van der Waals surface area contributed by atoms with Crippen molar-refractivity contribution in [3.05, 3.63) is 47.5 Å². The number of nitrogen functional groups attached to an aromatic ring is 1. The predicted octanol–water partition coefficient (Wildman–Crippen LogP) is 4.05. The number of benzene rings is 2. The van der Waals surface area contributed by atoms with Crippen molar-refractivity contribution in [3.8, 4) is 17.2 Å². The molecule has 0 aliphatic carbocycles. The molecule has 20 heavy (non-hydrogen) atoms. The van der Waals surface area contributed by atoms with Gasteiger partial charge in [-0.15, -0.1) is 0 Å². The smallest absolute Gasteiger partial charge is 0.168 e. The molecule has 0 heterocycles. The van der Waals surface area contributed by atoms with Gasteiger partial charge in [-0.05, 0) is 25.5 Å². The van der Waals surface area contributed by atoms with Gasteiger partial charge in [0.2, 0.25) is 0 Å². The minimum absolute atomic E-state index is 0.0183.